The summed E-state index contributed by atoms with van der Waals surface area (Å²) >= 11 is 1.31. The van der Waals surface area contributed by atoms with Gasteiger partial charge in [0.1, 0.15) is 11.5 Å². The van der Waals surface area contributed by atoms with Crippen molar-refractivity contribution in [3.63, 3.8) is 0 Å². The number of aliphatic imine (C=N–C) groups is 1. The van der Waals surface area contributed by atoms with E-state index in [-0.39, 0.29) is 11.7 Å². The Hall–Kier alpha value is -2.99. The molecule has 0 radical (unpaired) electrons. The van der Waals surface area contributed by atoms with Crippen molar-refractivity contribution in [1.82, 2.24) is 4.90 Å². The van der Waals surface area contributed by atoms with Crippen molar-refractivity contribution in [1.29, 1.82) is 0 Å². The molecule has 0 aliphatic carbocycles. The number of rotatable bonds is 7. The van der Waals surface area contributed by atoms with Gasteiger partial charge in [-0.25, -0.2) is 4.99 Å². The Bertz CT molecular complexity index is 920. The molecule has 5 nitrogen and oxygen atoms in total. The molecular weight excluding hydrogens is 372 g/mol. The van der Waals surface area contributed by atoms with Crippen LogP contribution < -0.4 is 4.74 Å². The Kier molecular flexibility index (Phi) is 6.55. The number of amides is 1. The van der Waals surface area contributed by atoms with Gasteiger partial charge in [0.25, 0.3) is 5.91 Å². The number of nitrogens with zero attached hydrogens (tertiary/aromatic N) is 2. The summed E-state index contributed by atoms with van der Waals surface area (Å²) in [4.78, 5) is 19.6. The highest BCUT2D eigenvalue weighted by atomic mass is 32.2. The average Bonchev–Trinajstić information content (AvgIpc) is 2.98. The molecule has 2 aromatic rings. The normalized spacial score (nSPS) is 16.8. The number of thioether (sulfide) groups is 1. The van der Waals surface area contributed by atoms with E-state index in [2.05, 4.69) is 18.5 Å². The first kappa shape index (κ1) is 19.8. The van der Waals surface area contributed by atoms with E-state index in [9.17, 15) is 9.90 Å². The van der Waals surface area contributed by atoms with Gasteiger partial charge in [-0.2, -0.15) is 0 Å². The number of carbonyl (C=O) groups excluding carboxylic acids is 1. The van der Waals surface area contributed by atoms with Crippen molar-refractivity contribution in [2.45, 2.75) is 13.3 Å². The number of phenols is 1. The second kappa shape index (κ2) is 9.28. The summed E-state index contributed by atoms with van der Waals surface area (Å²) in [5.74, 6) is 0.809. The van der Waals surface area contributed by atoms with E-state index in [0.717, 1.165) is 17.7 Å². The average molecular weight is 394 g/mol. The SMILES string of the molecule is C=CCN1C(=O)/C(=C/c2ccccc2OCCC)SC1=Nc1ccc(O)cc1. The van der Waals surface area contributed by atoms with Gasteiger partial charge in [0.2, 0.25) is 0 Å². The van der Waals surface area contributed by atoms with Gasteiger partial charge < -0.3 is 9.84 Å². The molecule has 2 aromatic carbocycles. The lowest BCUT2D eigenvalue weighted by molar-refractivity contribution is -0.121. The minimum Gasteiger partial charge on any atom is -0.508 e. The maximum absolute atomic E-state index is 12.9. The van der Waals surface area contributed by atoms with E-state index < -0.39 is 0 Å². The number of para-hydroxylation sites is 1. The summed E-state index contributed by atoms with van der Waals surface area (Å²) in [6, 6.07) is 14.2. The standard InChI is InChI=1S/C22H22N2O3S/c1-3-13-24-21(26)20(15-16-7-5-6-8-19(16)27-14-4-2)28-22(24)23-17-9-11-18(25)12-10-17/h3,5-12,15,25H,1,4,13-14H2,2H3/b20-15-,23-22?. The van der Waals surface area contributed by atoms with E-state index in [1.165, 1.54) is 11.8 Å². The van der Waals surface area contributed by atoms with Crippen LogP contribution in [0.3, 0.4) is 0 Å². The zero-order valence-electron chi connectivity index (χ0n) is 15.7. The van der Waals surface area contributed by atoms with Gasteiger partial charge in [-0.1, -0.05) is 31.2 Å². The van der Waals surface area contributed by atoms with Crippen LogP contribution >= 0.6 is 11.8 Å². The van der Waals surface area contributed by atoms with Crippen LogP contribution in [0.5, 0.6) is 11.5 Å². The van der Waals surface area contributed by atoms with Gasteiger partial charge in [-0.05, 0) is 54.6 Å². The van der Waals surface area contributed by atoms with E-state index in [1.54, 1.807) is 35.2 Å². The minimum absolute atomic E-state index is 0.118. The summed E-state index contributed by atoms with van der Waals surface area (Å²) in [7, 11) is 0. The molecule has 0 bridgehead atoms. The number of hydrogen-bond acceptors (Lipinski definition) is 5. The molecule has 0 spiro atoms. The van der Waals surface area contributed by atoms with E-state index in [1.807, 2.05) is 30.3 Å². The fourth-order valence-corrected chi connectivity index (χ4v) is 3.60. The van der Waals surface area contributed by atoms with Gasteiger partial charge in [0.15, 0.2) is 5.17 Å². The second-order valence-corrected chi connectivity index (χ2v) is 7.12. The molecule has 1 N–H and O–H groups in total. The smallest absolute Gasteiger partial charge is 0.267 e. The third-order valence-corrected chi connectivity index (χ3v) is 4.95. The highest BCUT2D eigenvalue weighted by Crippen LogP contribution is 2.35. The highest BCUT2D eigenvalue weighted by Gasteiger charge is 2.32. The van der Waals surface area contributed by atoms with Gasteiger partial charge in [0, 0.05) is 12.1 Å². The predicted molar refractivity (Wildman–Crippen MR) is 115 cm³/mol. The number of amidine groups is 1. The van der Waals surface area contributed by atoms with Crippen LogP contribution in [0.1, 0.15) is 18.9 Å². The lowest BCUT2D eigenvalue weighted by Crippen LogP contribution is -2.29. The highest BCUT2D eigenvalue weighted by molar-refractivity contribution is 8.18. The van der Waals surface area contributed by atoms with E-state index in [0.29, 0.717) is 28.9 Å². The van der Waals surface area contributed by atoms with Crippen LogP contribution in [0.4, 0.5) is 5.69 Å². The number of benzene rings is 2. The number of phenolic OH excluding ortho intramolecular Hbond substituents is 1. The van der Waals surface area contributed by atoms with Gasteiger partial charge >= 0.3 is 0 Å². The van der Waals surface area contributed by atoms with Crippen molar-refractivity contribution >= 4 is 34.6 Å². The molecule has 28 heavy (non-hydrogen) atoms. The van der Waals surface area contributed by atoms with Crippen LogP contribution in [-0.2, 0) is 4.79 Å². The number of aromatic hydroxyl groups is 1. The molecule has 1 saturated heterocycles. The molecule has 0 saturated carbocycles. The number of carbonyl (C=O) groups is 1. The molecule has 3 rings (SSSR count). The van der Waals surface area contributed by atoms with Crippen molar-refractivity contribution in [2.75, 3.05) is 13.2 Å². The van der Waals surface area contributed by atoms with Crippen molar-refractivity contribution in [3.05, 3.63) is 71.7 Å². The Morgan fingerprint density at radius 2 is 1.96 bits per heavy atom. The van der Waals surface area contributed by atoms with Crippen LogP contribution in [0.2, 0.25) is 0 Å². The quantitative estimate of drug-likeness (QED) is 0.532. The van der Waals surface area contributed by atoms with Crippen molar-refractivity contribution in [3.8, 4) is 11.5 Å². The monoisotopic (exact) mass is 394 g/mol. The molecule has 1 aliphatic rings. The second-order valence-electron chi connectivity index (χ2n) is 6.11. The summed E-state index contributed by atoms with van der Waals surface area (Å²) in [6.07, 6.45) is 4.43. The zero-order valence-corrected chi connectivity index (χ0v) is 16.5. The third kappa shape index (κ3) is 4.64. The third-order valence-electron chi connectivity index (χ3n) is 3.94. The summed E-state index contributed by atoms with van der Waals surface area (Å²) in [5, 5.41) is 10.0. The maximum Gasteiger partial charge on any atom is 0.267 e. The largest absolute Gasteiger partial charge is 0.508 e. The lowest BCUT2D eigenvalue weighted by atomic mass is 10.2. The predicted octanol–water partition coefficient (Wildman–Crippen LogP) is 4.97. The number of ether oxygens (including phenoxy) is 1. The Morgan fingerprint density at radius 1 is 1.21 bits per heavy atom. The molecule has 0 unspecified atom stereocenters. The van der Waals surface area contributed by atoms with Crippen molar-refractivity contribution < 1.29 is 14.6 Å². The van der Waals surface area contributed by atoms with Crippen LogP contribution in [0, 0.1) is 0 Å². The number of hydrogen-bond donors (Lipinski definition) is 1. The Labute approximate surface area is 169 Å². The zero-order chi connectivity index (χ0) is 19.9. The van der Waals surface area contributed by atoms with Gasteiger partial charge in [0.05, 0.1) is 17.2 Å². The first-order chi connectivity index (χ1) is 13.6. The van der Waals surface area contributed by atoms with Crippen molar-refractivity contribution in [2.24, 2.45) is 4.99 Å². The Morgan fingerprint density at radius 3 is 2.68 bits per heavy atom. The molecular formula is C22H22N2O3S. The molecule has 144 valence electrons. The topological polar surface area (TPSA) is 62.1 Å². The maximum atomic E-state index is 12.9. The molecule has 0 aromatic heterocycles. The molecule has 1 amide bonds. The first-order valence-corrected chi connectivity index (χ1v) is 9.86. The molecule has 1 aliphatic heterocycles. The van der Waals surface area contributed by atoms with E-state index in [4.69, 9.17) is 4.74 Å². The van der Waals surface area contributed by atoms with E-state index >= 15 is 0 Å². The fourth-order valence-electron chi connectivity index (χ4n) is 2.60. The summed E-state index contributed by atoms with van der Waals surface area (Å²) in [6.45, 7) is 6.78. The van der Waals surface area contributed by atoms with Gasteiger partial charge in [-0.3, -0.25) is 9.69 Å². The van der Waals surface area contributed by atoms with Gasteiger partial charge in [-0.15, -0.1) is 6.58 Å². The molecule has 1 fully saturated rings. The van der Waals surface area contributed by atoms with Crippen LogP contribution in [0.15, 0.2) is 71.1 Å². The summed E-state index contributed by atoms with van der Waals surface area (Å²) in [5.41, 5.74) is 1.52. The van der Waals surface area contributed by atoms with Crippen LogP contribution in [0.25, 0.3) is 6.08 Å². The molecule has 1 heterocycles. The first-order valence-electron chi connectivity index (χ1n) is 9.04. The lowest BCUT2D eigenvalue weighted by Gasteiger charge is -2.12. The van der Waals surface area contributed by atoms with Crippen LogP contribution in [-0.4, -0.2) is 34.2 Å². The molecule has 6 heteroatoms. The molecule has 0 atom stereocenters. The summed E-state index contributed by atoms with van der Waals surface area (Å²) < 4.78 is 5.79. The fraction of sp³-hybridized carbons (Fsp3) is 0.182. The minimum atomic E-state index is -0.118. The Balaban J connectivity index is 1.93.